The molecule has 0 aliphatic carbocycles. The molecule has 9 heteroatoms. The third-order valence-corrected chi connectivity index (χ3v) is 6.26. The van der Waals surface area contributed by atoms with Crippen molar-refractivity contribution in [3.8, 4) is 5.69 Å². The van der Waals surface area contributed by atoms with Gasteiger partial charge in [-0.3, -0.25) is 4.79 Å². The first kappa shape index (κ1) is 20.1. The molecule has 0 unspecified atom stereocenters. The number of carbonyl (C=O) groups excluding carboxylic acids is 1. The van der Waals surface area contributed by atoms with Gasteiger partial charge in [0.2, 0.25) is 15.9 Å². The van der Waals surface area contributed by atoms with Gasteiger partial charge in [0.25, 0.3) is 0 Å². The number of rotatable bonds is 6. The predicted octanol–water partition coefficient (Wildman–Crippen LogP) is 2.87. The molecule has 1 heterocycles. The minimum absolute atomic E-state index is 0.000510. The molecular formula is C19H20N4O3S2. The quantitative estimate of drug-likeness (QED) is 0.601. The smallest absolute Gasteiger partial charge is 0.238 e. The molecule has 3 N–H and O–H groups in total. The number of amides is 1. The number of aromatic nitrogens is 2. The Morgan fingerprint density at radius 1 is 1.11 bits per heavy atom. The average molecular weight is 417 g/mol. The molecule has 0 bridgehead atoms. The molecule has 0 spiro atoms. The molecule has 0 saturated carbocycles. The molecule has 28 heavy (non-hydrogen) atoms. The highest BCUT2D eigenvalue weighted by atomic mass is 32.2. The van der Waals surface area contributed by atoms with Crippen LogP contribution < -0.4 is 10.5 Å². The summed E-state index contributed by atoms with van der Waals surface area (Å²) >= 11 is 1.41. The van der Waals surface area contributed by atoms with Gasteiger partial charge in [0.15, 0.2) is 0 Å². The van der Waals surface area contributed by atoms with Gasteiger partial charge in [-0.15, -0.1) is 11.8 Å². The molecule has 146 valence electrons. The lowest BCUT2D eigenvalue weighted by molar-refractivity contribution is -0.113. The number of nitrogens with two attached hydrogens (primary N) is 1. The van der Waals surface area contributed by atoms with E-state index in [0.717, 1.165) is 22.0 Å². The van der Waals surface area contributed by atoms with Crippen molar-refractivity contribution in [2.75, 3.05) is 11.1 Å². The fourth-order valence-corrected chi connectivity index (χ4v) is 4.13. The number of hydrogen-bond donors (Lipinski definition) is 2. The summed E-state index contributed by atoms with van der Waals surface area (Å²) < 4.78 is 24.4. The van der Waals surface area contributed by atoms with Crippen molar-refractivity contribution < 1.29 is 13.2 Å². The molecule has 0 aliphatic rings. The number of aryl methyl sites for hydroxylation is 1. The lowest BCUT2D eigenvalue weighted by Gasteiger charge is -2.07. The van der Waals surface area contributed by atoms with E-state index in [0.29, 0.717) is 5.69 Å². The zero-order chi connectivity index (χ0) is 20.3. The summed E-state index contributed by atoms with van der Waals surface area (Å²) in [6.45, 7) is 3.89. The van der Waals surface area contributed by atoms with Crippen molar-refractivity contribution in [2.45, 2.75) is 23.6 Å². The molecule has 3 rings (SSSR count). The van der Waals surface area contributed by atoms with Gasteiger partial charge in [0.05, 0.1) is 32.6 Å². The monoisotopic (exact) mass is 416 g/mol. The number of thioether (sulfide) groups is 1. The van der Waals surface area contributed by atoms with Crippen molar-refractivity contribution in [1.29, 1.82) is 0 Å². The topological polar surface area (TPSA) is 107 Å². The van der Waals surface area contributed by atoms with Gasteiger partial charge in [0, 0.05) is 5.69 Å². The van der Waals surface area contributed by atoms with Gasteiger partial charge in [-0.05, 0) is 50.2 Å². The fourth-order valence-electron chi connectivity index (χ4n) is 2.72. The lowest BCUT2D eigenvalue weighted by Crippen LogP contribution is -2.15. The minimum Gasteiger partial charge on any atom is -0.325 e. The zero-order valence-electron chi connectivity index (χ0n) is 15.4. The van der Waals surface area contributed by atoms with E-state index in [1.807, 2.05) is 48.9 Å². The van der Waals surface area contributed by atoms with E-state index in [4.69, 9.17) is 5.14 Å². The van der Waals surface area contributed by atoms with Crippen LogP contribution in [0.4, 0.5) is 5.69 Å². The molecule has 1 amide bonds. The highest BCUT2D eigenvalue weighted by molar-refractivity contribution is 8.00. The largest absolute Gasteiger partial charge is 0.325 e. The van der Waals surface area contributed by atoms with E-state index in [-0.39, 0.29) is 16.6 Å². The van der Waals surface area contributed by atoms with Crippen molar-refractivity contribution in [3.63, 3.8) is 0 Å². The summed E-state index contributed by atoms with van der Waals surface area (Å²) in [5.74, 6) is 0.0126. The molecule has 0 radical (unpaired) electrons. The second-order valence-electron chi connectivity index (χ2n) is 6.15. The van der Waals surface area contributed by atoms with Gasteiger partial charge in [-0.2, -0.15) is 5.10 Å². The summed E-state index contributed by atoms with van der Waals surface area (Å²) in [6, 6.07) is 15.5. The van der Waals surface area contributed by atoms with Crippen LogP contribution in [0.15, 0.2) is 64.4 Å². The normalized spacial score (nSPS) is 11.4. The Bertz CT molecular complexity index is 1090. The van der Waals surface area contributed by atoms with Crippen LogP contribution in [0.1, 0.15) is 11.4 Å². The first-order valence-corrected chi connectivity index (χ1v) is 11.0. The maximum atomic E-state index is 12.3. The van der Waals surface area contributed by atoms with Crippen LogP contribution in [0.25, 0.3) is 5.69 Å². The van der Waals surface area contributed by atoms with Crippen LogP contribution in [0.5, 0.6) is 0 Å². The number of nitrogens with one attached hydrogen (secondary N) is 1. The Morgan fingerprint density at radius 3 is 2.36 bits per heavy atom. The van der Waals surface area contributed by atoms with Crippen LogP contribution in [-0.4, -0.2) is 29.9 Å². The molecule has 2 aromatic carbocycles. The van der Waals surface area contributed by atoms with E-state index in [1.165, 1.54) is 36.0 Å². The number of anilines is 1. The van der Waals surface area contributed by atoms with Gasteiger partial charge < -0.3 is 5.32 Å². The highest BCUT2D eigenvalue weighted by Crippen LogP contribution is 2.28. The second-order valence-corrected chi connectivity index (χ2v) is 8.70. The first-order chi connectivity index (χ1) is 13.3. The third-order valence-electron chi connectivity index (χ3n) is 4.04. The summed E-state index contributed by atoms with van der Waals surface area (Å²) in [7, 11) is -3.75. The molecule has 0 aliphatic heterocycles. The molecule has 1 aromatic heterocycles. The third kappa shape index (κ3) is 4.61. The van der Waals surface area contributed by atoms with E-state index in [1.54, 1.807) is 0 Å². The summed E-state index contributed by atoms with van der Waals surface area (Å²) in [4.78, 5) is 13.2. The number of primary sulfonamides is 1. The average Bonchev–Trinajstić information content (AvgIpc) is 2.94. The molecule has 0 saturated heterocycles. The van der Waals surface area contributed by atoms with Gasteiger partial charge >= 0.3 is 0 Å². The lowest BCUT2D eigenvalue weighted by atomic mass is 10.3. The van der Waals surface area contributed by atoms with Gasteiger partial charge in [0.1, 0.15) is 0 Å². The Labute approximate surface area is 168 Å². The van der Waals surface area contributed by atoms with Gasteiger partial charge in [-0.1, -0.05) is 18.2 Å². The number of nitrogens with zero attached hydrogens (tertiary/aromatic N) is 2. The summed E-state index contributed by atoms with van der Waals surface area (Å²) in [6.07, 6.45) is 0. The first-order valence-electron chi connectivity index (χ1n) is 8.43. The molecule has 3 aromatic rings. The van der Waals surface area contributed by atoms with E-state index in [2.05, 4.69) is 10.4 Å². The highest BCUT2D eigenvalue weighted by Gasteiger charge is 2.15. The molecule has 0 atom stereocenters. The molecular weight excluding hydrogens is 396 g/mol. The summed E-state index contributed by atoms with van der Waals surface area (Å²) in [5.41, 5.74) is 3.30. The second kappa shape index (κ2) is 8.17. The van der Waals surface area contributed by atoms with Crippen LogP contribution >= 0.6 is 11.8 Å². The number of benzene rings is 2. The predicted molar refractivity (Wildman–Crippen MR) is 110 cm³/mol. The maximum Gasteiger partial charge on any atom is 0.238 e. The molecule has 7 nitrogen and oxygen atoms in total. The van der Waals surface area contributed by atoms with Crippen LogP contribution in [0.2, 0.25) is 0 Å². The zero-order valence-corrected chi connectivity index (χ0v) is 17.0. The Balaban J connectivity index is 1.66. The van der Waals surface area contributed by atoms with Crippen LogP contribution in [-0.2, 0) is 14.8 Å². The maximum absolute atomic E-state index is 12.3. The Kier molecular flexibility index (Phi) is 5.87. The van der Waals surface area contributed by atoms with Crippen molar-refractivity contribution >= 4 is 33.4 Å². The van der Waals surface area contributed by atoms with Crippen LogP contribution in [0, 0.1) is 13.8 Å². The summed E-state index contributed by atoms with van der Waals surface area (Å²) in [5, 5.41) is 12.4. The van der Waals surface area contributed by atoms with E-state index in [9.17, 15) is 13.2 Å². The van der Waals surface area contributed by atoms with Crippen molar-refractivity contribution in [3.05, 3.63) is 66.0 Å². The number of carbonyl (C=O) groups is 1. The molecule has 0 fully saturated rings. The van der Waals surface area contributed by atoms with Crippen molar-refractivity contribution in [1.82, 2.24) is 9.78 Å². The van der Waals surface area contributed by atoms with E-state index < -0.39 is 10.0 Å². The minimum atomic E-state index is -3.75. The van der Waals surface area contributed by atoms with Crippen LogP contribution in [0.3, 0.4) is 0 Å². The van der Waals surface area contributed by atoms with Gasteiger partial charge in [-0.25, -0.2) is 18.2 Å². The SMILES string of the molecule is Cc1nn(-c2ccccc2)c(C)c1SCC(=O)Nc1ccc(S(N)(=O)=O)cc1. The van der Waals surface area contributed by atoms with E-state index >= 15 is 0 Å². The van der Waals surface area contributed by atoms with Crippen molar-refractivity contribution in [2.24, 2.45) is 5.14 Å². The number of para-hydroxylation sites is 1. The number of hydrogen-bond acceptors (Lipinski definition) is 5. The Hall–Kier alpha value is -2.62. The Morgan fingerprint density at radius 2 is 1.75 bits per heavy atom. The number of sulfonamides is 1. The fraction of sp³-hybridized carbons (Fsp3) is 0.158. The standard InChI is InChI=1S/C19H20N4O3S2/c1-13-19(14(2)23(22-13)16-6-4-3-5-7-16)27-12-18(24)21-15-8-10-17(11-9-15)28(20,25)26/h3-11H,12H2,1-2H3,(H,21,24)(H2,20,25,26).